The lowest BCUT2D eigenvalue weighted by atomic mass is 9.88. The average Bonchev–Trinajstić information content (AvgIpc) is 3.21. The molecular formula is C30H30N2O4. The summed E-state index contributed by atoms with van der Waals surface area (Å²) in [5, 5.41) is 10.3. The molecule has 3 aromatic rings. The molecule has 1 N–H and O–H groups in total. The molecule has 2 bridgehead atoms. The molecule has 184 valence electrons. The number of benzene rings is 3. The van der Waals surface area contributed by atoms with Crippen molar-refractivity contribution in [1.29, 1.82) is 0 Å². The van der Waals surface area contributed by atoms with Gasteiger partial charge in [0.05, 0.1) is 12.0 Å². The first-order valence-electron chi connectivity index (χ1n) is 12.5. The van der Waals surface area contributed by atoms with Crippen molar-refractivity contribution in [2.45, 2.75) is 49.7 Å². The van der Waals surface area contributed by atoms with Crippen LogP contribution in [0.4, 0.5) is 0 Å². The molecule has 3 atom stereocenters. The molecule has 36 heavy (non-hydrogen) atoms. The molecule has 0 saturated carbocycles. The van der Waals surface area contributed by atoms with E-state index in [1.807, 2.05) is 91.0 Å². The zero-order valence-electron chi connectivity index (χ0n) is 20.1. The summed E-state index contributed by atoms with van der Waals surface area (Å²) in [5.74, 6) is -1.93. The Morgan fingerprint density at radius 2 is 1.36 bits per heavy atom. The van der Waals surface area contributed by atoms with Crippen LogP contribution in [-0.2, 0) is 20.8 Å². The van der Waals surface area contributed by atoms with E-state index in [1.165, 1.54) is 4.90 Å². The van der Waals surface area contributed by atoms with E-state index in [2.05, 4.69) is 0 Å². The number of hydrogen-bond donors (Lipinski definition) is 1. The molecule has 2 amide bonds. The lowest BCUT2D eigenvalue weighted by Gasteiger charge is -2.46. The Morgan fingerprint density at radius 1 is 0.806 bits per heavy atom. The van der Waals surface area contributed by atoms with Gasteiger partial charge in [0.25, 0.3) is 0 Å². The summed E-state index contributed by atoms with van der Waals surface area (Å²) in [6, 6.07) is 27.1. The Bertz CT molecular complexity index is 1180. The Labute approximate surface area is 211 Å². The number of carbonyl (C=O) groups is 3. The highest BCUT2D eigenvalue weighted by atomic mass is 16.4. The number of hydrogen-bond acceptors (Lipinski definition) is 3. The number of aryl methyl sites for hydroxylation is 1. The normalized spacial score (nSPS) is 21.0. The number of fused-ring (bicyclic) bond motifs is 2. The first-order chi connectivity index (χ1) is 17.5. The predicted octanol–water partition coefficient (Wildman–Crippen LogP) is 4.11. The van der Waals surface area contributed by atoms with Gasteiger partial charge in [-0.15, -0.1) is 0 Å². The maximum absolute atomic E-state index is 14.1. The van der Waals surface area contributed by atoms with Crippen LogP contribution in [0.2, 0.25) is 0 Å². The van der Waals surface area contributed by atoms with Crippen LogP contribution < -0.4 is 0 Å². The molecule has 0 unspecified atom stereocenters. The van der Waals surface area contributed by atoms with Crippen molar-refractivity contribution < 1.29 is 19.5 Å². The lowest BCUT2D eigenvalue weighted by Crippen LogP contribution is -2.65. The van der Waals surface area contributed by atoms with Crippen LogP contribution in [-0.4, -0.2) is 57.4 Å². The summed E-state index contributed by atoms with van der Waals surface area (Å²) < 4.78 is 0. The van der Waals surface area contributed by atoms with Gasteiger partial charge in [0, 0.05) is 19.0 Å². The lowest BCUT2D eigenvalue weighted by molar-refractivity contribution is -0.161. The molecule has 6 heteroatoms. The van der Waals surface area contributed by atoms with Gasteiger partial charge >= 0.3 is 5.97 Å². The SMILES string of the molecule is O=C(O)[C@@H]1[C@H]2CC[C@@H](CN1C(=O)C(c1ccccc1)c1ccccc1)N2C(=O)CCc1ccccc1. The van der Waals surface area contributed by atoms with E-state index >= 15 is 0 Å². The summed E-state index contributed by atoms with van der Waals surface area (Å²) in [6.07, 6.45) is 2.23. The third kappa shape index (κ3) is 4.63. The minimum absolute atomic E-state index is 0.0348. The second-order valence-electron chi connectivity index (χ2n) is 9.61. The van der Waals surface area contributed by atoms with Gasteiger partial charge in [0.15, 0.2) is 0 Å². The molecule has 0 aromatic heterocycles. The molecule has 2 saturated heterocycles. The second-order valence-corrected chi connectivity index (χ2v) is 9.61. The molecule has 0 spiro atoms. The standard InChI is InChI=1S/C30H30N2O4/c33-26(19-16-21-10-4-1-5-11-21)32-24-17-18-25(32)28(30(35)36)31(20-24)29(34)27(22-12-6-2-7-13-22)23-14-8-3-9-15-23/h1-15,24-25,27-28H,16-20H2,(H,35,36)/t24-,25+,28-/m0/s1. The van der Waals surface area contributed by atoms with E-state index in [1.54, 1.807) is 4.90 Å². The molecular weight excluding hydrogens is 452 g/mol. The number of amides is 2. The van der Waals surface area contributed by atoms with Crippen LogP contribution in [0.15, 0.2) is 91.0 Å². The number of piperazine rings is 1. The van der Waals surface area contributed by atoms with Crippen LogP contribution in [0.3, 0.4) is 0 Å². The van der Waals surface area contributed by atoms with Crippen LogP contribution in [0.25, 0.3) is 0 Å². The van der Waals surface area contributed by atoms with Gasteiger partial charge < -0.3 is 14.9 Å². The van der Waals surface area contributed by atoms with Crippen LogP contribution in [0.5, 0.6) is 0 Å². The van der Waals surface area contributed by atoms with Crippen molar-refractivity contribution >= 4 is 17.8 Å². The smallest absolute Gasteiger partial charge is 0.328 e. The zero-order valence-corrected chi connectivity index (χ0v) is 20.1. The monoisotopic (exact) mass is 482 g/mol. The van der Waals surface area contributed by atoms with E-state index < -0.39 is 24.0 Å². The summed E-state index contributed by atoms with van der Waals surface area (Å²) in [6.45, 7) is 0.236. The van der Waals surface area contributed by atoms with Crippen molar-refractivity contribution in [3.05, 3.63) is 108 Å². The van der Waals surface area contributed by atoms with Gasteiger partial charge in [0.2, 0.25) is 11.8 Å². The molecule has 0 aliphatic carbocycles. The van der Waals surface area contributed by atoms with Gasteiger partial charge in [-0.1, -0.05) is 91.0 Å². The fourth-order valence-electron chi connectivity index (χ4n) is 5.82. The van der Waals surface area contributed by atoms with E-state index in [0.29, 0.717) is 25.7 Å². The highest BCUT2D eigenvalue weighted by Gasteiger charge is 2.53. The molecule has 2 heterocycles. The summed E-state index contributed by atoms with van der Waals surface area (Å²) in [4.78, 5) is 43.2. The highest BCUT2D eigenvalue weighted by molar-refractivity contribution is 5.92. The van der Waals surface area contributed by atoms with E-state index in [4.69, 9.17) is 0 Å². The first-order valence-corrected chi connectivity index (χ1v) is 12.5. The van der Waals surface area contributed by atoms with Crippen molar-refractivity contribution in [1.82, 2.24) is 9.80 Å². The minimum Gasteiger partial charge on any atom is -0.480 e. The van der Waals surface area contributed by atoms with Crippen LogP contribution >= 0.6 is 0 Å². The van der Waals surface area contributed by atoms with Gasteiger partial charge in [-0.3, -0.25) is 9.59 Å². The number of carbonyl (C=O) groups excluding carboxylic acids is 2. The highest BCUT2D eigenvalue weighted by Crippen LogP contribution is 2.38. The number of nitrogens with zero attached hydrogens (tertiary/aromatic N) is 2. The van der Waals surface area contributed by atoms with Crippen molar-refractivity contribution in [3.8, 4) is 0 Å². The third-order valence-corrected chi connectivity index (χ3v) is 7.46. The number of carboxylic acids is 1. The summed E-state index contributed by atoms with van der Waals surface area (Å²) >= 11 is 0. The quantitative estimate of drug-likeness (QED) is 0.550. The molecule has 6 nitrogen and oxygen atoms in total. The largest absolute Gasteiger partial charge is 0.480 e. The molecule has 5 rings (SSSR count). The van der Waals surface area contributed by atoms with Gasteiger partial charge in [-0.25, -0.2) is 4.79 Å². The Morgan fingerprint density at radius 3 is 1.92 bits per heavy atom. The van der Waals surface area contributed by atoms with E-state index in [9.17, 15) is 19.5 Å². The summed E-state index contributed by atoms with van der Waals surface area (Å²) in [5.41, 5.74) is 2.73. The van der Waals surface area contributed by atoms with Crippen molar-refractivity contribution in [3.63, 3.8) is 0 Å². The maximum Gasteiger partial charge on any atom is 0.328 e. The van der Waals surface area contributed by atoms with Gasteiger partial charge in [-0.2, -0.15) is 0 Å². The van der Waals surface area contributed by atoms with Gasteiger partial charge in [0.1, 0.15) is 6.04 Å². The number of aliphatic carboxylic acids is 1. The Kier molecular flexibility index (Phi) is 6.85. The fraction of sp³-hybridized carbons (Fsp3) is 0.300. The molecule has 3 aromatic carbocycles. The Hall–Kier alpha value is -3.93. The van der Waals surface area contributed by atoms with Crippen molar-refractivity contribution in [2.75, 3.05) is 6.54 Å². The number of rotatable bonds is 7. The second kappa shape index (κ2) is 10.4. The average molecular weight is 483 g/mol. The first kappa shape index (κ1) is 23.8. The Balaban J connectivity index is 1.41. The van der Waals surface area contributed by atoms with Gasteiger partial charge in [-0.05, 0) is 36.0 Å². The maximum atomic E-state index is 14.1. The zero-order chi connectivity index (χ0) is 25.1. The molecule has 2 aliphatic rings. The van der Waals surface area contributed by atoms with E-state index in [-0.39, 0.29) is 24.4 Å². The predicted molar refractivity (Wildman–Crippen MR) is 136 cm³/mol. The van der Waals surface area contributed by atoms with Crippen LogP contribution in [0.1, 0.15) is 41.9 Å². The molecule has 2 aliphatic heterocycles. The molecule has 2 fully saturated rings. The van der Waals surface area contributed by atoms with Crippen molar-refractivity contribution in [2.24, 2.45) is 0 Å². The molecule has 0 radical (unpaired) electrons. The minimum atomic E-state index is -1.06. The third-order valence-electron chi connectivity index (χ3n) is 7.46. The van der Waals surface area contributed by atoms with Crippen LogP contribution in [0, 0.1) is 0 Å². The number of likely N-dealkylation sites (tertiary alicyclic amines) is 1. The van der Waals surface area contributed by atoms with E-state index in [0.717, 1.165) is 16.7 Å². The summed E-state index contributed by atoms with van der Waals surface area (Å²) in [7, 11) is 0. The fourth-order valence-corrected chi connectivity index (χ4v) is 5.82. The number of carboxylic acid groups (broad SMARTS) is 1. The topological polar surface area (TPSA) is 77.9 Å².